The molecule has 0 saturated heterocycles. The fourth-order valence-electron chi connectivity index (χ4n) is 1.85. The summed E-state index contributed by atoms with van der Waals surface area (Å²) in [6, 6.07) is 0. The third-order valence-corrected chi connectivity index (χ3v) is 2.99. The van der Waals surface area contributed by atoms with Crippen LogP contribution >= 0.6 is 0 Å². The summed E-state index contributed by atoms with van der Waals surface area (Å²) in [4.78, 5) is 12.0. The van der Waals surface area contributed by atoms with Crippen LogP contribution < -0.4 is 0 Å². The summed E-state index contributed by atoms with van der Waals surface area (Å²) >= 11 is 0. The number of carbonyl (C=O) groups is 1. The Morgan fingerprint density at radius 1 is 1.07 bits per heavy atom. The van der Waals surface area contributed by atoms with Crippen LogP contribution in [0.15, 0.2) is 0 Å². The summed E-state index contributed by atoms with van der Waals surface area (Å²) in [5.74, 6) is 2.07. The van der Waals surface area contributed by atoms with E-state index in [0.717, 1.165) is 12.8 Å². The number of ketones is 1. The lowest BCUT2D eigenvalue weighted by molar-refractivity contribution is -0.128. The molecule has 0 bridgehead atoms. The molecule has 0 aliphatic heterocycles. The highest BCUT2D eigenvalue weighted by molar-refractivity contribution is 5.83. The van der Waals surface area contributed by atoms with Gasteiger partial charge in [0.25, 0.3) is 0 Å². The highest BCUT2D eigenvalue weighted by Gasteiger charge is 2.26. The van der Waals surface area contributed by atoms with Crippen LogP contribution in [0.1, 0.15) is 54.4 Å². The van der Waals surface area contributed by atoms with Gasteiger partial charge in [-0.15, -0.1) is 0 Å². The zero-order valence-corrected chi connectivity index (χ0v) is 10.6. The van der Waals surface area contributed by atoms with Gasteiger partial charge in [0.2, 0.25) is 0 Å². The number of hydrogen-bond donors (Lipinski definition) is 0. The van der Waals surface area contributed by atoms with E-state index in [-0.39, 0.29) is 11.8 Å². The van der Waals surface area contributed by atoms with Crippen molar-refractivity contribution in [1.29, 1.82) is 0 Å². The maximum atomic E-state index is 12.0. The van der Waals surface area contributed by atoms with Gasteiger partial charge in [-0.1, -0.05) is 48.0 Å². The van der Waals surface area contributed by atoms with Gasteiger partial charge in [-0.05, 0) is 18.3 Å². The molecule has 0 N–H and O–H groups in total. The normalized spacial score (nSPS) is 16.0. The van der Waals surface area contributed by atoms with E-state index < -0.39 is 0 Å². The third-order valence-electron chi connectivity index (χ3n) is 2.99. The van der Waals surface area contributed by atoms with Gasteiger partial charge in [0.05, 0.1) is 0 Å². The number of rotatable bonds is 6. The van der Waals surface area contributed by atoms with Gasteiger partial charge < -0.3 is 0 Å². The topological polar surface area (TPSA) is 17.1 Å². The molecule has 0 aromatic heterocycles. The van der Waals surface area contributed by atoms with E-state index in [9.17, 15) is 4.79 Å². The summed E-state index contributed by atoms with van der Waals surface area (Å²) < 4.78 is 0. The Bertz CT molecular complexity index is 170. The van der Waals surface area contributed by atoms with Gasteiger partial charge in [0, 0.05) is 11.8 Å². The van der Waals surface area contributed by atoms with Crippen molar-refractivity contribution in [3.05, 3.63) is 0 Å². The number of carbonyl (C=O) groups excluding carboxylic acids is 1. The average molecular weight is 198 g/mol. The maximum absolute atomic E-state index is 12.0. The highest BCUT2D eigenvalue weighted by Crippen LogP contribution is 2.26. The minimum absolute atomic E-state index is 0.188. The highest BCUT2D eigenvalue weighted by atomic mass is 16.1. The molecule has 1 nitrogen and oxygen atoms in total. The van der Waals surface area contributed by atoms with E-state index in [4.69, 9.17) is 0 Å². The fraction of sp³-hybridized carbons (Fsp3) is 0.923. The van der Waals surface area contributed by atoms with E-state index in [1.807, 2.05) is 13.8 Å². The Balaban J connectivity index is 4.46. The van der Waals surface area contributed by atoms with E-state index >= 15 is 0 Å². The molecular formula is C13H26O. The fourth-order valence-corrected chi connectivity index (χ4v) is 1.85. The van der Waals surface area contributed by atoms with Crippen molar-refractivity contribution in [3.63, 3.8) is 0 Å². The second kappa shape index (κ2) is 6.21. The maximum Gasteiger partial charge on any atom is 0.138 e. The van der Waals surface area contributed by atoms with Crippen molar-refractivity contribution in [2.45, 2.75) is 54.4 Å². The number of Topliss-reactive ketones (excluding diaryl/α,β-unsaturated/α-hetero) is 1. The Hall–Kier alpha value is -0.330. The summed E-state index contributed by atoms with van der Waals surface area (Å²) in [7, 11) is 0. The molecule has 2 atom stereocenters. The first-order valence-electron chi connectivity index (χ1n) is 5.93. The summed E-state index contributed by atoms with van der Waals surface area (Å²) in [6.45, 7) is 12.8. The van der Waals surface area contributed by atoms with E-state index in [0.29, 0.717) is 17.6 Å². The summed E-state index contributed by atoms with van der Waals surface area (Å²) in [5.41, 5.74) is 0. The molecule has 0 heterocycles. The molecule has 84 valence electrons. The molecule has 0 spiro atoms. The molecule has 0 rings (SSSR count). The van der Waals surface area contributed by atoms with Crippen LogP contribution in [-0.4, -0.2) is 5.78 Å². The zero-order valence-electron chi connectivity index (χ0n) is 10.6. The van der Waals surface area contributed by atoms with E-state index in [2.05, 4.69) is 27.7 Å². The molecule has 1 unspecified atom stereocenters. The van der Waals surface area contributed by atoms with Gasteiger partial charge in [-0.3, -0.25) is 4.79 Å². The molecule has 0 radical (unpaired) electrons. The summed E-state index contributed by atoms with van der Waals surface area (Å²) in [5, 5.41) is 0. The van der Waals surface area contributed by atoms with Crippen molar-refractivity contribution in [2.75, 3.05) is 0 Å². The lowest BCUT2D eigenvalue weighted by atomic mass is 9.79. The smallest absolute Gasteiger partial charge is 0.138 e. The largest absolute Gasteiger partial charge is 0.299 e. The van der Waals surface area contributed by atoms with Crippen LogP contribution in [0.25, 0.3) is 0 Å². The van der Waals surface area contributed by atoms with E-state index in [1.165, 1.54) is 0 Å². The van der Waals surface area contributed by atoms with E-state index in [1.54, 1.807) is 0 Å². The Morgan fingerprint density at radius 2 is 1.57 bits per heavy atom. The second-order valence-electron chi connectivity index (χ2n) is 5.18. The Kier molecular flexibility index (Phi) is 6.06. The molecule has 0 aliphatic carbocycles. The minimum Gasteiger partial charge on any atom is -0.299 e. The molecule has 14 heavy (non-hydrogen) atoms. The standard InChI is InChI=1S/C13H26O/c1-7-11(6)12(8-9(2)3)13(14)10(4)5/h9-12H,7-8H2,1-6H3/t11?,12-/m1/s1. The Morgan fingerprint density at radius 3 is 1.86 bits per heavy atom. The molecule has 0 saturated carbocycles. The van der Waals surface area contributed by atoms with Gasteiger partial charge >= 0.3 is 0 Å². The van der Waals surface area contributed by atoms with Gasteiger partial charge in [-0.2, -0.15) is 0 Å². The molecule has 0 fully saturated rings. The lowest BCUT2D eigenvalue weighted by Gasteiger charge is -2.25. The van der Waals surface area contributed by atoms with Gasteiger partial charge in [0.15, 0.2) is 0 Å². The van der Waals surface area contributed by atoms with Crippen molar-refractivity contribution in [1.82, 2.24) is 0 Å². The average Bonchev–Trinajstić information content (AvgIpc) is 2.11. The molecule has 0 aromatic carbocycles. The van der Waals surface area contributed by atoms with Crippen LogP contribution in [0.5, 0.6) is 0 Å². The quantitative estimate of drug-likeness (QED) is 0.632. The molecule has 0 amide bonds. The third kappa shape index (κ3) is 4.26. The second-order valence-corrected chi connectivity index (χ2v) is 5.18. The predicted molar refractivity (Wildman–Crippen MR) is 62.2 cm³/mol. The monoisotopic (exact) mass is 198 g/mol. The van der Waals surface area contributed by atoms with Crippen LogP contribution in [-0.2, 0) is 4.79 Å². The van der Waals surface area contributed by atoms with Crippen molar-refractivity contribution < 1.29 is 4.79 Å². The number of hydrogen-bond acceptors (Lipinski definition) is 1. The molecule has 1 heteroatoms. The van der Waals surface area contributed by atoms with Gasteiger partial charge in [0.1, 0.15) is 5.78 Å². The Labute approximate surface area is 89.3 Å². The molecular weight excluding hydrogens is 172 g/mol. The zero-order chi connectivity index (χ0) is 11.3. The first-order valence-corrected chi connectivity index (χ1v) is 5.93. The predicted octanol–water partition coefficient (Wildman–Crippen LogP) is 3.92. The minimum atomic E-state index is 0.188. The lowest BCUT2D eigenvalue weighted by Crippen LogP contribution is -2.27. The van der Waals surface area contributed by atoms with Crippen molar-refractivity contribution >= 4 is 5.78 Å². The van der Waals surface area contributed by atoms with Crippen LogP contribution in [0.2, 0.25) is 0 Å². The first kappa shape index (κ1) is 13.7. The van der Waals surface area contributed by atoms with Gasteiger partial charge in [-0.25, -0.2) is 0 Å². The molecule has 0 aliphatic rings. The van der Waals surface area contributed by atoms with Crippen LogP contribution in [0.4, 0.5) is 0 Å². The van der Waals surface area contributed by atoms with Crippen molar-refractivity contribution in [3.8, 4) is 0 Å². The SMILES string of the molecule is CCC(C)[C@@H](CC(C)C)C(=O)C(C)C. The van der Waals surface area contributed by atoms with Crippen LogP contribution in [0.3, 0.4) is 0 Å². The van der Waals surface area contributed by atoms with Crippen molar-refractivity contribution in [2.24, 2.45) is 23.7 Å². The molecule has 0 aromatic rings. The first-order chi connectivity index (χ1) is 6.40. The summed E-state index contributed by atoms with van der Waals surface area (Å²) in [6.07, 6.45) is 2.15. The van der Waals surface area contributed by atoms with Crippen LogP contribution in [0, 0.1) is 23.7 Å².